The Kier molecular flexibility index (Phi) is 5.53. The van der Waals surface area contributed by atoms with E-state index >= 15 is 0 Å². The van der Waals surface area contributed by atoms with Crippen LogP contribution in [-0.4, -0.2) is 23.0 Å². The van der Waals surface area contributed by atoms with Crippen LogP contribution in [0.15, 0.2) is 24.3 Å². The molecule has 1 rings (SSSR count). The molecule has 0 bridgehead atoms. The van der Waals surface area contributed by atoms with Crippen LogP contribution in [0.2, 0.25) is 0 Å². The number of rotatable bonds is 5. The van der Waals surface area contributed by atoms with E-state index < -0.39 is 17.9 Å². The summed E-state index contributed by atoms with van der Waals surface area (Å²) in [5.74, 6) is -1.68. The average Bonchev–Trinajstić information content (AvgIpc) is 2.34. The highest BCUT2D eigenvalue weighted by Crippen LogP contribution is 2.02. The summed E-state index contributed by atoms with van der Waals surface area (Å²) in [6.45, 7) is 2.25. The molecule has 6 nitrogen and oxygen atoms in total. The standard InChI is InChI=1S/C13H16N2O4/c1-9-3-2-4-10(7-9)8-14-13(19)15-11(16)5-6-12(17)18/h2-4,7H,5-6,8H2,1H3,(H,17,18)(H2,14,15,16,19). The molecule has 0 spiro atoms. The number of carbonyl (C=O) groups excluding carboxylic acids is 2. The van der Waals surface area contributed by atoms with E-state index in [4.69, 9.17) is 5.11 Å². The van der Waals surface area contributed by atoms with E-state index in [1.807, 2.05) is 31.2 Å². The molecule has 102 valence electrons. The minimum absolute atomic E-state index is 0.215. The van der Waals surface area contributed by atoms with Crippen molar-refractivity contribution in [3.05, 3.63) is 35.4 Å². The third-order valence-electron chi connectivity index (χ3n) is 2.35. The number of nitrogens with one attached hydrogen (secondary N) is 2. The first-order chi connectivity index (χ1) is 8.97. The topological polar surface area (TPSA) is 95.5 Å². The summed E-state index contributed by atoms with van der Waals surface area (Å²) < 4.78 is 0. The van der Waals surface area contributed by atoms with Gasteiger partial charge in [0.05, 0.1) is 6.42 Å². The highest BCUT2D eigenvalue weighted by atomic mass is 16.4. The van der Waals surface area contributed by atoms with Crippen molar-refractivity contribution in [1.82, 2.24) is 10.6 Å². The molecule has 0 aliphatic carbocycles. The van der Waals surface area contributed by atoms with Gasteiger partial charge < -0.3 is 10.4 Å². The average molecular weight is 264 g/mol. The molecule has 0 aliphatic rings. The summed E-state index contributed by atoms with van der Waals surface area (Å²) in [5, 5.41) is 13.0. The number of carboxylic acids is 1. The van der Waals surface area contributed by atoms with E-state index in [1.54, 1.807) is 0 Å². The number of carbonyl (C=O) groups is 3. The minimum Gasteiger partial charge on any atom is -0.481 e. The van der Waals surface area contributed by atoms with Gasteiger partial charge in [0.25, 0.3) is 0 Å². The van der Waals surface area contributed by atoms with E-state index in [0.717, 1.165) is 11.1 Å². The molecule has 0 fully saturated rings. The van der Waals surface area contributed by atoms with Crippen LogP contribution < -0.4 is 10.6 Å². The van der Waals surface area contributed by atoms with Crippen molar-refractivity contribution in [2.24, 2.45) is 0 Å². The second-order valence-corrected chi connectivity index (χ2v) is 4.11. The van der Waals surface area contributed by atoms with Crippen LogP contribution in [0.4, 0.5) is 4.79 Å². The molecule has 0 aliphatic heterocycles. The molecule has 0 radical (unpaired) electrons. The maximum Gasteiger partial charge on any atom is 0.321 e. The molecule has 0 saturated carbocycles. The Balaban J connectivity index is 2.31. The monoisotopic (exact) mass is 264 g/mol. The smallest absolute Gasteiger partial charge is 0.321 e. The number of carboxylic acid groups (broad SMARTS) is 1. The van der Waals surface area contributed by atoms with Crippen molar-refractivity contribution < 1.29 is 19.5 Å². The fourth-order valence-electron chi connectivity index (χ4n) is 1.46. The Labute approximate surface area is 110 Å². The lowest BCUT2D eigenvalue weighted by atomic mass is 10.1. The number of urea groups is 1. The summed E-state index contributed by atoms with van der Waals surface area (Å²) in [4.78, 5) is 32.8. The van der Waals surface area contributed by atoms with Gasteiger partial charge in [-0.3, -0.25) is 14.9 Å². The Bertz CT molecular complexity index is 485. The minimum atomic E-state index is -1.07. The van der Waals surface area contributed by atoms with E-state index in [1.165, 1.54) is 0 Å². The summed E-state index contributed by atoms with van der Waals surface area (Å²) in [5.41, 5.74) is 2.00. The lowest BCUT2D eigenvalue weighted by Gasteiger charge is -2.06. The fourth-order valence-corrected chi connectivity index (χ4v) is 1.46. The van der Waals surface area contributed by atoms with Gasteiger partial charge >= 0.3 is 12.0 Å². The SMILES string of the molecule is Cc1cccc(CNC(=O)NC(=O)CCC(=O)O)c1. The van der Waals surface area contributed by atoms with Crippen LogP contribution in [-0.2, 0) is 16.1 Å². The van der Waals surface area contributed by atoms with E-state index in [-0.39, 0.29) is 12.8 Å². The first-order valence-corrected chi connectivity index (χ1v) is 5.82. The van der Waals surface area contributed by atoms with Crippen molar-refractivity contribution in [2.45, 2.75) is 26.3 Å². The van der Waals surface area contributed by atoms with Crippen LogP contribution in [0, 0.1) is 6.92 Å². The van der Waals surface area contributed by atoms with Crippen molar-refractivity contribution >= 4 is 17.9 Å². The number of hydrogen-bond donors (Lipinski definition) is 3. The van der Waals surface area contributed by atoms with Gasteiger partial charge in [-0.1, -0.05) is 29.8 Å². The van der Waals surface area contributed by atoms with Gasteiger partial charge in [0.15, 0.2) is 0 Å². The van der Waals surface area contributed by atoms with Gasteiger partial charge in [-0.2, -0.15) is 0 Å². The number of hydrogen-bond acceptors (Lipinski definition) is 3. The van der Waals surface area contributed by atoms with Gasteiger partial charge in [0, 0.05) is 13.0 Å². The van der Waals surface area contributed by atoms with Gasteiger partial charge in [-0.15, -0.1) is 0 Å². The van der Waals surface area contributed by atoms with Crippen molar-refractivity contribution in [2.75, 3.05) is 0 Å². The highest BCUT2D eigenvalue weighted by molar-refractivity contribution is 5.95. The number of aryl methyl sites for hydroxylation is 1. The number of aliphatic carboxylic acids is 1. The molecular weight excluding hydrogens is 248 g/mol. The maximum absolute atomic E-state index is 11.4. The molecule has 0 unspecified atom stereocenters. The molecule has 3 N–H and O–H groups in total. The fraction of sp³-hybridized carbons (Fsp3) is 0.308. The summed E-state index contributed by atoms with van der Waals surface area (Å²) in [6, 6.07) is 6.98. The molecule has 0 heterocycles. The predicted octanol–water partition coefficient (Wildman–Crippen LogP) is 1.19. The molecule has 1 aromatic carbocycles. The van der Waals surface area contributed by atoms with Crippen LogP contribution in [0.25, 0.3) is 0 Å². The van der Waals surface area contributed by atoms with Crippen LogP contribution in [0.3, 0.4) is 0 Å². The van der Waals surface area contributed by atoms with Gasteiger partial charge in [-0.05, 0) is 12.5 Å². The lowest BCUT2D eigenvalue weighted by molar-refractivity contribution is -0.138. The second kappa shape index (κ2) is 7.15. The highest BCUT2D eigenvalue weighted by Gasteiger charge is 2.09. The zero-order chi connectivity index (χ0) is 14.3. The van der Waals surface area contributed by atoms with Crippen molar-refractivity contribution in [3.63, 3.8) is 0 Å². The van der Waals surface area contributed by atoms with Crippen molar-refractivity contribution in [1.29, 1.82) is 0 Å². The molecule has 0 saturated heterocycles. The van der Waals surface area contributed by atoms with E-state index in [0.29, 0.717) is 6.54 Å². The Morgan fingerprint density at radius 3 is 2.58 bits per heavy atom. The number of benzene rings is 1. The largest absolute Gasteiger partial charge is 0.481 e. The summed E-state index contributed by atoms with van der Waals surface area (Å²) >= 11 is 0. The first kappa shape index (κ1) is 14.7. The third kappa shape index (κ3) is 6.21. The Hall–Kier alpha value is -2.37. The zero-order valence-electron chi connectivity index (χ0n) is 10.6. The second-order valence-electron chi connectivity index (χ2n) is 4.11. The third-order valence-corrected chi connectivity index (χ3v) is 2.35. The summed E-state index contributed by atoms with van der Waals surface area (Å²) in [6.07, 6.45) is -0.510. The zero-order valence-corrected chi connectivity index (χ0v) is 10.6. The maximum atomic E-state index is 11.4. The van der Waals surface area contributed by atoms with Crippen LogP contribution >= 0.6 is 0 Å². The Morgan fingerprint density at radius 1 is 1.21 bits per heavy atom. The molecule has 0 atom stereocenters. The number of amides is 3. The molecule has 0 aromatic heterocycles. The van der Waals surface area contributed by atoms with Gasteiger partial charge in [0.1, 0.15) is 0 Å². The molecule has 3 amide bonds. The quantitative estimate of drug-likeness (QED) is 0.744. The van der Waals surface area contributed by atoms with Crippen LogP contribution in [0.1, 0.15) is 24.0 Å². The Morgan fingerprint density at radius 2 is 1.95 bits per heavy atom. The van der Waals surface area contributed by atoms with Gasteiger partial charge in [-0.25, -0.2) is 4.79 Å². The van der Waals surface area contributed by atoms with Gasteiger partial charge in [0.2, 0.25) is 5.91 Å². The van der Waals surface area contributed by atoms with Crippen molar-refractivity contribution in [3.8, 4) is 0 Å². The molecule has 6 heteroatoms. The first-order valence-electron chi connectivity index (χ1n) is 5.82. The molecule has 1 aromatic rings. The van der Waals surface area contributed by atoms with E-state index in [9.17, 15) is 14.4 Å². The predicted molar refractivity (Wildman–Crippen MR) is 68.4 cm³/mol. The molecular formula is C13H16N2O4. The normalized spacial score (nSPS) is 9.74. The summed E-state index contributed by atoms with van der Waals surface area (Å²) in [7, 11) is 0. The molecule has 19 heavy (non-hydrogen) atoms. The van der Waals surface area contributed by atoms with Crippen LogP contribution in [0.5, 0.6) is 0 Å². The van der Waals surface area contributed by atoms with E-state index in [2.05, 4.69) is 10.6 Å². The lowest BCUT2D eigenvalue weighted by Crippen LogP contribution is -2.39. The number of imide groups is 1.